The quantitative estimate of drug-likeness (QED) is 0.800. The van der Waals surface area contributed by atoms with Crippen molar-refractivity contribution in [3.63, 3.8) is 0 Å². The second kappa shape index (κ2) is 5.61. The van der Waals surface area contributed by atoms with Gasteiger partial charge >= 0.3 is 0 Å². The van der Waals surface area contributed by atoms with Crippen molar-refractivity contribution in [3.8, 4) is 0 Å². The number of aliphatic hydroxyl groups excluding tert-OH is 1. The topological polar surface area (TPSA) is 49.5 Å². The average Bonchev–Trinajstić information content (AvgIpc) is 2.52. The molecule has 1 aromatic rings. The van der Waals surface area contributed by atoms with Crippen molar-refractivity contribution in [1.29, 1.82) is 0 Å². The van der Waals surface area contributed by atoms with E-state index in [2.05, 4.69) is 23.3 Å². The van der Waals surface area contributed by atoms with Crippen LogP contribution >= 0.6 is 11.3 Å². The molecule has 0 saturated carbocycles. The van der Waals surface area contributed by atoms with Gasteiger partial charge in [0.15, 0.2) is 0 Å². The summed E-state index contributed by atoms with van der Waals surface area (Å²) in [5.74, 6) is 0. The number of nitrogens with two attached hydrogens (primary N) is 1. The van der Waals surface area contributed by atoms with Crippen LogP contribution in [0.25, 0.3) is 0 Å². The number of hydrogen-bond donors (Lipinski definition) is 2. The zero-order valence-electron chi connectivity index (χ0n) is 9.60. The third-order valence-corrected chi connectivity index (χ3v) is 3.69. The Morgan fingerprint density at radius 3 is 2.67 bits per heavy atom. The molecule has 3 nitrogen and oxygen atoms in total. The predicted octanol–water partition coefficient (Wildman–Crippen LogP) is 1.37. The van der Waals surface area contributed by atoms with Gasteiger partial charge in [-0.1, -0.05) is 0 Å². The Balaban J connectivity index is 2.88. The van der Waals surface area contributed by atoms with E-state index in [1.54, 1.807) is 11.3 Å². The first-order valence-corrected chi connectivity index (χ1v) is 6.06. The molecule has 0 fully saturated rings. The molecule has 2 atom stereocenters. The summed E-state index contributed by atoms with van der Waals surface area (Å²) >= 11 is 1.74. The fourth-order valence-electron chi connectivity index (χ4n) is 1.82. The van der Waals surface area contributed by atoms with Crippen LogP contribution in [0.4, 0.5) is 0 Å². The molecule has 86 valence electrons. The molecule has 0 spiro atoms. The van der Waals surface area contributed by atoms with E-state index in [-0.39, 0.29) is 18.7 Å². The van der Waals surface area contributed by atoms with E-state index in [0.29, 0.717) is 6.54 Å². The molecule has 0 saturated heterocycles. The van der Waals surface area contributed by atoms with Gasteiger partial charge in [0.2, 0.25) is 0 Å². The van der Waals surface area contributed by atoms with Crippen LogP contribution in [0.5, 0.6) is 0 Å². The highest BCUT2D eigenvalue weighted by Crippen LogP contribution is 2.29. The third kappa shape index (κ3) is 3.01. The molecule has 3 N–H and O–H groups in total. The summed E-state index contributed by atoms with van der Waals surface area (Å²) in [4.78, 5) is 3.42. The maximum absolute atomic E-state index is 8.96. The Kier molecular flexibility index (Phi) is 4.73. The first kappa shape index (κ1) is 12.6. The van der Waals surface area contributed by atoms with Gasteiger partial charge in [0.1, 0.15) is 0 Å². The summed E-state index contributed by atoms with van der Waals surface area (Å²) in [7, 11) is 2.00. The highest BCUT2D eigenvalue weighted by molar-refractivity contribution is 7.10. The number of aryl methyl sites for hydroxylation is 1. The van der Waals surface area contributed by atoms with Crippen molar-refractivity contribution in [2.24, 2.45) is 5.73 Å². The van der Waals surface area contributed by atoms with E-state index in [0.717, 1.165) is 0 Å². The van der Waals surface area contributed by atoms with Crippen LogP contribution in [0.2, 0.25) is 0 Å². The van der Waals surface area contributed by atoms with E-state index in [9.17, 15) is 0 Å². The van der Waals surface area contributed by atoms with Gasteiger partial charge in [-0.2, -0.15) is 0 Å². The number of nitrogens with zero attached hydrogens (tertiary/aromatic N) is 1. The number of likely N-dealkylation sites (N-methyl/N-ethyl adjacent to an activating group) is 1. The minimum atomic E-state index is 0.0684. The van der Waals surface area contributed by atoms with Crippen LogP contribution in [-0.4, -0.2) is 36.2 Å². The second-order valence-electron chi connectivity index (χ2n) is 3.98. The molecular weight excluding hydrogens is 208 g/mol. The van der Waals surface area contributed by atoms with Crippen LogP contribution in [0.15, 0.2) is 11.4 Å². The summed E-state index contributed by atoms with van der Waals surface area (Å²) in [6.07, 6.45) is 0. The molecule has 4 heteroatoms. The van der Waals surface area contributed by atoms with Gasteiger partial charge in [0.05, 0.1) is 12.6 Å². The van der Waals surface area contributed by atoms with Crippen LogP contribution in [0.1, 0.15) is 23.4 Å². The van der Waals surface area contributed by atoms with Crippen LogP contribution < -0.4 is 5.73 Å². The van der Waals surface area contributed by atoms with E-state index < -0.39 is 0 Å². The van der Waals surface area contributed by atoms with Gasteiger partial charge in [0.25, 0.3) is 0 Å². The molecule has 2 unspecified atom stereocenters. The highest BCUT2D eigenvalue weighted by atomic mass is 32.1. The molecule has 0 bridgehead atoms. The first-order valence-electron chi connectivity index (χ1n) is 5.18. The van der Waals surface area contributed by atoms with E-state index >= 15 is 0 Å². The summed E-state index contributed by atoms with van der Waals surface area (Å²) in [5, 5.41) is 11.0. The molecule has 0 aliphatic carbocycles. The van der Waals surface area contributed by atoms with Gasteiger partial charge in [-0.25, -0.2) is 0 Å². The fraction of sp³-hybridized carbons (Fsp3) is 0.636. The standard InChI is InChI=1S/C11H20N2OS/c1-8-4-7-15-11(8)10(9(2)12)13(3)5-6-14/h4,7,9-10,14H,5-6,12H2,1-3H3. The van der Waals surface area contributed by atoms with Gasteiger partial charge in [-0.15, -0.1) is 11.3 Å². The second-order valence-corrected chi connectivity index (χ2v) is 4.92. The molecule has 0 aromatic carbocycles. The lowest BCUT2D eigenvalue weighted by Gasteiger charge is -2.30. The van der Waals surface area contributed by atoms with E-state index in [1.807, 2.05) is 14.0 Å². The number of rotatable bonds is 5. The molecule has 0 aliphatic rings. The lowest BCUT2D eigenvalue weighted by Crippen LogP contribution is -2.38. The number of hydrogen-bond acceptors (Lipinski definition) is 4. The Morgan fingerprint density at radius 1 is 1.60 bits per heavy atom. The van der Waals surface area contributed by atoms with Crippen LogP contribution in [0.3, 0.4) is 0 Å². The van der Waals surface area contributed by atoms with E-state index in [4.69, 9.17) is 10.8 Å². The third-order valence-electron chi connectivity index (χ3n) is 2.60. The Morgan fingerprint density at radius 2 is 2.27 bits per heavy atom. The van der Waals surface area contributed by atoms with Crippen molar-refractivity contribution in [3.05, 3.63) is 21.9 Å². The van der Waals surface area contributed by atoms with E-state index in [1.165, 1.54) is 10.4 Å². The normalized spacial score (nSPS) is 15.6. The first-order chi connectivity index (χ1) is 7.07. The van der Waals surface area contributed by atoms with Gasteiger partial charge in [-0.3, -0.25) is 4.90 Å². The molecule has 1 rings (SSSR count). The van der Waals surface area contributed by atoms with Crippen molar-refractivity contribution in [1.82, 2.24) is 4.90 Å². The summed E-state index contributed by atoms with van der Waals surface area (Å²) < 4.78 is 0. The Bertz CT molecular complexity index is 299. The highest BCUT2D eigenvalue weighted by Gasteiger charge is 2.23. The largest absolute Gasteiger partial charge is 0.395 e. The van der Waals surface area contributed by atoms with Crippen LogP contribution in [0, 0.1) is 6.92 Å². The van der Waals surface area contributed by atoms with Crippen LogP contribution in [-0.2, 0) is 0 Å². The summed E-state index contributed by atoms with van der Waals surface area (Å²) in [6, 6.07) is 2.39. The zero-order chi connectivity index (χ0) is 11.4. The van der Waals surface area contributed by atoms with Gasteiger partial charge in [0, 0.05) is 17.5 Å². The Labute approximate surface area is 95.5 Å². The number of thiophene rings is 1. The number of aliphatic hydroxyl groups is 1. The molecule has 15 heavy (non-hydrogen) atoms. The lowest BCUT2D eigenvalue weighted by molar-refractivity contribution is 0.168. The zero-order valence-corrected chi connectivity index (χ0v) is 10.4. The maximum atomic E-state index is 8.96. The average molecular weight is 228 g/mol. The SMILES string of the molecule is Cc1ccsc1C(C(C)N)N(C)CCO. The minimum absolute atomic E-state index is 0.0684. The molecule has 1 aromatic heterocycles. The van der Waals surface area contributed by atoms with Gasteiger partial charge in [-0.05, 0) is 37.9 Å². The fourth-order valence-corrected chi connectivity index (χ4v) is 3.03. The predicted molar refractivity (Wildman–Crippen MR) is 65.2 cm³/mol. The van der Waals surface area contributed by atoms with Crippen molar-refractivity contribution >= 4 is 11.3 Å². The van der Waals surface area contributed by atoms with Crippen molar-refractivity contribution in [2.45, 2.75) is 25.9 Å². The molecule has 1 heterocycles. The summed E-state index contributed by atoms with van der Waals surface area (Å²) in [5.41, 5.74) is 7.30. The maximum Gasteiger partial charge on any atom is 0.0591 e. The Hall–Kier alpha value is -0.420. The molecular formula is C11H20N2OS. The molecule has 0 aliphatic heterocycles. The smallest absolute Gasteiger partial charge is 0.0591 e. The molecule has 0 amide bonds. The van der Waals surface area contributed by atoms with Gasteiger partial charge < -0.3 is 10.8 Å². The lowest BCUT2D eigenvalue weighted by atomic mass is 10.0. The monoisotopic (exact) mass is 228 g/mol. The summed E-state index contributed by atoms with van der Waals surface area (Å²) in [6.45, 7) is 4.94. The molecule has 0 radical (unpaired) electrons. The minimum Gasteiger partial charge on any atom is -0.395 e. The van der Waals surface area contributed by atoms with Crippen molar-refractivity contribution < 1.29 is 5.11 Å². The van der Waals surface area contributed by atoms with Crippen molar-refractivity contribution in [2.75, 3.05) is 20.2 Å².